The minimum atomic E-state index is 0.634. The van der Waals surface area contributed by atoms with Crippen LogP contribution in [0.4, 0.5) is 0 Å². The van der Waals surface area contributed by atoms with Crippen LogP contribution >= 0.6 is 23.4 Å². The lowest BCUT2D eigenvalue weighted by Crippen LogP contribution is -1.79. The van der Waals surface area contributed by atoms with E-state index in [2.05, 4.69) is 37.3 Å². The van der Waals surface area contributed by atoms with E-state index < -0.39 is 0 Å². The number of alkyl halides is 1. The largest absolute Gasteiger partial charge is 0.122 e. The molecule has 0 aliphatic rings. The molecule has 0 N–H and O–H groups in total. The zero-order valence-electron chi connectivity index (χ0n) is 7.66. The molecule has 0 aliphatic carbocycles. The first-order chi connectivity index (χ1) is 6.33. The van der Waals surface area contributed by atoms with Crippen LogP contribution in [0.5, 0.6) is 0 Å². The standard InChI is InChI=1S/C11H13ClS/c1-10(9-12)7-8-13-11-5-3-2-4-6-11/h2-7H,8-9H2,1H3. The van der Waals surface area contributed by atoms with Gasteiger partial charge in [0.15, 0.2) is 0 Å². The summed E-state index contributed by atoms with van der Waals surface area (Å²) in [4.78, 5) is 1.31. The summed E-state index contributed by atoms with van der Waals surface area (Å²) in [6.07, 6.45) is 2.17. The van der Waals surface area contributed by atoms with E-state index in [0.717, 1.165) is 5.75 Å². The second kappa shape index (κ2) is 6.11. The molecule has 0 amide bonds. The Morgan fingerprint density at radius 2 is 2.08 bits per heavy atom. The molecule has 13 heavy (non-hydrogen) atoms. The molecule has 1 rings (SSSR count). The van der Waals surface area contributed by atoms with Gasteiger partial charge in [-0.1, -0.05) is 29.8 Å². The Hall–Kier alpha value is -0.400. The van der Waals surface area contributed by atoms with Gasteiger partial charge >= 0.3 is 0 Å². The molecule has 0 aliphatic heterocycles. The molecule has 0 saturated heterocycles. The molecule has 0 atom stereocenters. The Kier molecular flexibility index (Phi) is 5.02. The summed E-state index contributed by atoms with van der Waals surface area (Å²) in [5.74, 6) is 1.64. The summed E-state index contributed by atoms with van der Waals surface area (Å²) in [5, 5.41) is 0. The van der Waals surface area contributed by atoms with E-state index in [1.54, 1.807) is 0 Å². The summed E-state index contributed by atoms with van der Waals surface area (Å²) in [5.41, 5.74) is 1.24. The fourth-order valence-corrected chi connectivity index (χ4v) is 1.87. The molecular weight excluding hydrogens is 200 g/mol. The maximum atomic E-state index is 5.66. The van der Waals surface area contributed by atoms with Gasteiger partial charge in [0.2, 0.25) is 0 Å². The van der Waals surface area contributed by atoms with Crippen molar-refractivity contribution in [3.05, 3.63) is 42.0 Å². The molecule has 0 bridgehead atoms. The van der Waals surface area contributed by atoms with Crippen LogP contribution < -0.4 is 0 Å². The molecule has 0 unspecified atom stereocenters. The lowest BCUT2D eigenvalue weighted by atomic mass is 10.3. The molecule has 70 valence electrons. The van der Waals surface area contributed by atoms with E-state index in [0.29, 0.717) is 5.88 Å². The smallest absolute Gasteiger partial charge is 0.0431 e. The van der Waals surface area contributed by atoms with Gasteiger partial charge in [0, 0.05) is 16.5 Å². The lowest BCUT2D eigenvalue weighted by Gasteiger charge is -1.97. The van der Waals surface area contributed by atoms with E-state index in [1.807, 2.05) is 17.8 Å². The van der Waals surface area contributed by atoms with Gasteiger partial charge in [-0.05, 0) is 19.1 Å². The Morgan fingerprint density at radius 3 is 2.69 bits per heavy atom. The summed E-state index contributed by atoms with van der Waals surface area (Å²) in [6, 6.07) is 10.4. The third-order valence-corrected chi connectivity index (χ3v) is 3.00. The second-order valence-corrected chi connectivity index (χ2v) is 4.17. The first kappa shape index (κ1) is 10.7. The minimum absolute atomic E-state index is 0.634. The Labute approximate surface area is 89.0 Å². The summed E-state index contributed by atoms with van der Waals surface area (Å²) >= 11 is 7.49. The Bertz CT molecular complexity index is 267. The SMILES string of the molecule is CC(=CCSc1ccccc1)CCl. The second-order valence-electron chi connectivity index (χ2n) is 2.81. The summed E-state index contributed by atoms with van der Waals surface area (Å²) in [7, 11) is 0. The first-order valence-corrected chi connectivity index (χ1v) is 5.74. The molecule has 0 radical (unpaired) electrons. The molecule has 1 aromatic carbocycles. The van der Waals surface area contributed by atoms with Gasteiger partial charge in [-0.3, -0.25) is 0 Å². The van der Waals surface area contributed by atoms with Crippen LogP contribution in [0.1, 0.15) is 6.92 Å². The van der Waals surface area contributed by atoms with Crippen molar-refractivity contribution in [3.63, 3.8) is 0 Å². The molecule has 1 aromatic rings. The Balaban J connectivity index is 2.36. The van der Waals surface area contributed by atoms with Crippen molar-refractivity contribution in [1.82, 2.24) is 0 Å². The van der Waals surface area contributed by atoms with Crippen LogP contribution in [0.15, 0.2) is 46.9 Å². The maximum Gasteiger partial charge on any atom is 0.0431 e. The number of rotatable bonds is 4. The van der Waals surface area contributed by atoms with Gasteiger partial charge in [0.05, 0.1) is 0 Å². The molecule has 2 heteroatoms. The highest BCUT2D eigenvalue weighted by atomic mass is 35.5. The van der Waals surface area contributed by atoms with Crippen LogP contribution in [0.2, 0.25) is 0 Å². The maximum absolute atomic E-state index is 5.66. The van der Waals surface area contributed by atoms with Gasteiger partial charge in [-0.2, -0.15) is 0 Å². The normalized spacial score (nSPS) is 11.7. The molecule has 0 saturated carbocycles. The van der Waals surface area contributed by atoms with Crippen molar-refractivity contribution in [3.8, 4) is 0 Å². The average Bonchev–Trinajstić information content (AvgIpc) is 2.19. The van der Waals surface area contributed by atoms with Crippen molar-refractivity contribution in [2.24, 2.45) is 0 Å². The fourth-order valence-electron chi connectivity index (χ4n) is 0.851. The molecule has 0 fully saturated rings. The first-order valence-electron chi connectivity index (χ1n) is 4.22. The van der Waals surface area contributed by atoms with Gasteiger partial charge < -0.3 is 0 Å². The number of thioether (sulfide) groups is 1. The number of hydrogen-bond donors (Lipinski definition) is 0. The quantitative estimate of drug-likeness (QED) is 0.414. The molecule has 0 nitrogen and oxygen atoms in total. The van der Waals surface area contributed by atoms with E-state index in [9.17, 15) is 0 Å². The number of allylic oxidation sites excluding steroid dienone is 1. The number of halogens is 1. The minimum Gasteiger partial charge on any atom is -0.122 e. The zero-order valence-corrected chi connectivity index (χ0v) is 9.24. The predicted molar refractivity (Wildman–Crippen MR) is 61.6 cm³/mol. The highest BCUT2D eigenvalue weighted by Gasteiger charge is 1.90. The van der Waals surface area contributed by atoms with Gasteiger partial charge in [-0.15, -0.1) is 23.4 Å². The van der Waals surface area contributed by atoms with Crippen LogP contribution in [0.25, 0.3) is 0 Å². The molecule has 0 heterocycles. The van der Waals surface area contributed by atoms with Crippen LogP contribution in [0, 0.1) is 0 Å². The summed E-state index contributed by atoms with van der Waals surface area (Å²) in [6.45, 7) is 2.05. The monoisotopic (exact) mass is 212 g/mol. The highest BCUT2D eigenvalue weighted by molar-refractivity contribution is 7.99. The van der Waals surface area contributed by atoms with Gasteiger partial charge in [-0.25, -0.2) is 0 Å². The third-order valence-electron chi connectivity index (χ3n) is 1.64. The van der Waals surface area contributed by atoms with E-state index in [1.165, 1.54) is 10.5 Å². The fraction of sp³-hybridized carbons (Fsp3) is 0.273. The van der Waals surface area contributed by atoms with Crippen LogP contribution in [0.3, 0.4) is 0 Å². The molecular formula is C11H13ClS. The lowest BCUT2D eigenvalue weighted by molar-refractivity contribution is 1.37. The van der Waals surface area contributed by atoms with Crippen molar-refractivity contribution >= 4 is 23.4 Å². The third kappa shape index (κ3) is 4.39. The average molecular weight is 213 g/mol. The van der Waals surface area contributed by atoms with E-state index >= 15 is 0 Å². The highest BCUT2D eigenvalue weighted by Crippen LogP contribution is 2.17. The van der Waals surface area contributed by atoms with Crippen molar-refractivity contribution < 1.29 is 0 Å². The number of hydrogen-bond acceptors (Lipinski definition) is 1. The summed E-state index contributed by atoms with van der Waals surface area (Å²) < 4.78 is 0. The molecule has 0 spiro atoms. The van der Waals surface area contributed by atoms with Gasteiger partial charge in [0.1, 0.15) is 0 Å². The van der Waals surface area contributed by atoms with Crippen molar-refractivity contribution in [1.29, 1.82) is 0 Å². The topological polar surface area (TPSA) is 0 Å². The predicted octanol–water partition coefficient (Wildman–Crippen LogP) is 3.96. The van der Waals surface area contributed by atoms with Crippen LogP contribution in [-0.4, -0.2) is 11.6 Å². The van der Waals surface area contributed by atoms with E-state index in [-0.39, 0.29) is 0 Å². The number of benzene rings is 1. The van der Waals surface area contributed by atoms with Crippen molar-refractivity contribution in [2.45, 2.75) is 11.8 Å². The molecule has 0 aromatic heterocycles. The Morgan fingerprint density at radius 1 is 1.38 bits per heavy atom. The zero-order chi connectivity index (χ0) is 9.52. The van der Waals surface area contributed by atoms with Gasteiger partial charge in [0.25, 0.3) is 0 Å². The van der Waals surface area contributed by atoms with Crippen molar-refractivity contribution in [2.75, 3.05) is 11.6 Å². The van der Waals surface area contributed by atoms with E-state index in [4.69, 9.17) is 11.6 Å². The van der Waals surface area contributed by atoms with Crippen LogP contribution in [-0.2, 0) is 0 Å².